The number of halogens is 4. The van der Waals surface area contributed by atoms with Crippen LogP contribution in [0.25, 0.3) is 0 Å². The van der Waals surface area contributed by atoms with Crippen molar-refractivity contribution in [3.05, 3.63) is 23.2 Å². The van der Waals surface area contributed by atoms with E-state index in [1.54, 1.807) is 13.8 Å². The molecule has 0 amide bonds. The van der Waals surface area contributed by atoms with Gasteiger partial charge < -0.3 is 5.73 Å². The van der Waals surface area contributed by atoms with E-state index in [2.05, 4.69) is 0 Å². The molecule has 9 heteroatoms. The zero-order valence-electron chi connectivity index (χ0n) is 11.5. The molecule has 0 aromatic heterocycles. The Balaban J connectivity index is 3.22. The van der Waals surface area contributed by atoms with E-state index >= 15 is 0 Å². The third-order valence-electron chi connectivity index (χ3n) is 2.53. The van der Waals surface area contributed by atoms with Crippen molar-refractivity contribution in [2.75, 3.05) is 18.8 Å². The van der Waals surface area contributed by atoms with Crippen molar-refractivity contribution in [3.8, 4) is 0 Å². The minimum absolute atomic E-state index is 0.00533. The molecule has 0 heterocycles. The summed E-state index contributed by atoms with van der Waals surface area (Å²) in [7, 11) is -4.29. The monoisotopic (exact) mass is 344 g/mol. The summed E-state index contributed by atoms with van der Waals surface area (Å²) in [6.07, 6.45) is -4.63. The quantitative estimate of drug-likeness (QED) is 0.835. The largest absolute Gasteiger partial charge is 0.402 e. The fourth-order valence-electron chi connectivity index (χ4n) is 1.69. The van der Waals surface area contributed by atoms with Gasteiger partial charge in [0.05, 0.1) is 15.6 Å². The van der Waals surface area contributed by atoms with Gasteiger partial charge in [-0.3, -0.25) is 0 Å². The molecule has 0 aliphatic heterocycles. The smallest absolute Gasteiger partial charge is 0.397 e. The first-order valence-electron chi connectivity index (χ1n) is 6.05. The molecule has 4 nitrogen and oxygen atoms in total. The summed E-state index contributed by atoms with van der Waals surface area (Å²) in [6, 6.07) is 3.43. The van der Waals surface area contributed by atoms with Gasteiger partial charge in [-0.2, -0.15) is 17.5 Å². The van der Waals surface area contributed by atoms with E-state index in [9.17, 15) is 21.6 Å². The van der Waals surface area contributed by atoms with Crippen molar-refractivity contribution in [1.29, 1.82) is 0 Å². The first-order valence-corrected chi connectivity index (χ1v) is 7.87. The van der Waals surface area contributed by atoms with Gasteiger partial charge in [0.2, 0.25) is 10.0 Å². The Kier molecular flexibility index (Phi) is 5.51. The fraction of sp³-hybridized carbons (Fsp3) is 0.500. The average molecular weight is 345 g/mol. The number of nitrogens with two attached hydrogens (primary N) is 1. The molecule has 0 bridgehead atoms. The molecule has 120 valence electrons. The van der Waals surface area contributed by atoms with Crippen LogP contribution in [-0.4, -0.2) is 32.0 Å². The van der Waals surface area contributed by atoms with E-state index in [0.717, 1.165) is 12.1 Å². The van der Waals surface area contributed by atoms with E-state index in [-0.39, 0.29) is 28.1 Å². The number of hydrogen-bond acceptors (Lipinski definition) is 3. The summed E-state index contributed by atoms with van der Waals surface area (Å²) in [6.45, 7) is 1.48. The van der Waals surface area contributed by atoms with Crippen LogP contribution in [0.5, 0.6) is 0 Å². The van der Waals surface area contributed by atoms with Crippen LogP contribution in [-0.2, 0) is 10.0 Å². The van der Waals surface area contributed by atoms with Crippen molar-refractivity contribution < 1.29 is 21.6 Å². The molecule has 1 rings (SSSR count). The molecule has 0 saturated carbocycles. The van der Waals surface area contributed by atoms with Crippen molar-refractivity contribution in [3.63, 3.8) is 0 Å². The predicted molar refractivity (Wildman–Crippen MR) is 75.5 cm³/mol. The molecule has 1 aromatic carbocycles. The maximum absolute atomic E-state index is 12.6. The number of sulfonamides is 1. The van der Waals surface area contributed by atoms with Crippen LogP contribution in [0.1, 0.15) is 13.8 Å². The first kappa shape index (κ1) is 18.1. The average Bonchev–Trinajstić information content (AvgIpc) is 2.29. The van der Waals surface area contributed by atoms with Crippen molar-refractivity contribution in [1.82, 2.24) is 4.31 Å². The third-order valence-corrected chi connectivity index (χ3v) is 4.68. The maximum Gasteiger partial charge on any atom is 0.402 e. The number of nitrogen functional groups attached to an aromatic ring is 1. The molecule has 2 N–H and O–H groups in total. The van der Waals surface area contributed by atoms with Gasteiger partial charge in [0.15, 0.2) is 0 Å². The van der Waals surface area contributed by atoms with Gasteiger partial charge in [-0.1, -0.05) is 25.4 Å². The van der Waals surface area contributed by atoms with Crippen LogP contribution >= 0.6 is 11.6 Å². The summed E-state index contributed by atoms with van der Waals surface area (Å²) in [5.74, 6) is -0.258. The Morgan fingerprint density at radius 1 is 1.33 bits per heavy atom. The second-order valence-corrected chi connectivity index (χ2v) is 7.34. The summed E-state index contributed by atoms with van der Waals surface area (Å²) >= 11 is 5.69. The van der Waals surface area contributed by atoms with Gasteiger partial charge in [0.1, 0.15) is 6.54 Å². The van der Waals surface area contributed by atoms with E-state index in [1.807, 2.05) is 0 Å². The van der Waals surface area contributed by atoms with Crippen LogP contribution in [0.2, 0.25) is 5.02 Å². The minimum atomic E-state index is -4.63. The summed E-state index contributed by atoms with van der Waals surface area (Å²) < 4.78 is 62.9. The molecule has 0 unspecified atom stereocenters. The van der Waals surface area contributed by atoms with Gasteiger partial charge >= 0.3 is 6.18 Å². The van der Waals surface area contributed by atoms with E-state index in [4.69, 9.17) is 17.3 Å². The molecule has 21 heavy (non-hydrogen) atoms. The fourth-order valence-corrected chi connectivity index (χ4v) is 3.43. The lowest BCUT2D eigenvalue weighted by molar-refractivity contribution is -0.136. The number of benzene rings is 1. The topological polar surface area (TPSA) is 63.4 Å². The highest BCUT2D eigenvalue weighted by molar-refractivity contribution is 7.89. The lowest BCUT2D eigenvalue weighted by atomic mass is 10.2. The second kappa shape index (κ2) is 6.41. The van der Waals surface area contributed by atoms with Crippen molar-refractivity contribution in [2.45, 2.75) is 24.9 Å². The van der Waals surface area contributed by atoms with Gasteiger partial charge in [-0.05, 0) is 24.1 Å². The maximum atomic E-state index is 12.6. The number of hydrogen-bond donors (Lipinski definition) is 1. The zero-order valence-corrected chi connectivity index (χ0v) is 13.1. The van der Waals surface area contributed by atoms with Gasteiger partial charge in [-0.15, -0.1) is 0 Å². The van der Waals surface area contributed by atoms with Crippen molar-refractivity contribution >= 4 is 27.3 Å². The Bertz CT molecular complexity index is 603. The van der Waals surface area contributed by atoms with Crippen LogP contribution in [0.15, 0.2) is 23.1 Å². The van der Waals surface area contributed by atoms with Crippen molar-refractivity contribution in [2.24, 2.45) is 5.92 Å². The van der Waals surface area contributed by atoms with Crippen LogP contribution in [0, 0.1) is 5.92 Å². The molecule has 0 aliphatic carbocycles. The molecule has 0 fully saturated rings. The highest BCUT2D eigenvalue weighted by Crippen LogP contribution is 2.27. The number of anilines is 1. The Morgan fingerprint density at radius 2 is 1.90 bits per heavy atom. The lowest BCUT2D eigenvalue weighted by Crippen LogP contribution is -2.41. The molecular weight excluding hydrogens is 329 g/mol. The second-order valence-electron chi connectivity index (χ2n) is 4.99. The summed E-state index contributed by atoms with van der Waals surface area (Å²) in [5, 5.41) is 0.139. The predicted octanol–water partition coefficient (Wildman–Crippen LogP) is 3.13. The van der Waals surface area contributed by atoms with Gasteiger partial charge in [0.25, 0.3) is 0 Å². The van der Waals surface area contributed by atoms with Crippen LogP contribution < -0.4 is 5.73 Å². The zero-order chi connectivity index (χ0) is 16.4. The van der Waals surface area contributed by atoms with Crippen LogP contribution in [0.3, 0.4) is 0 Å². The number of alkyl halides is 3. The van der Waals surface area contributed by atoms with E-state index < -0.39 is 22.7 Å². The molecule has 0 radical (unpaired) electrons. The number of nitrogens with zero attached hydrogens (tertiary/aromatic N) is 1. The third kappa shape index (κ3) is 5.05. The Hall–Kier alpha value is -0.990. The summed E-state index contributed by atoms with van der Waals surface area (Å²) in [4.78, 5) is -0.311. The highest BCUT2D eigenvalue weighted by atomic mass is 35.5. The molecule has 0 aliphatic rings. The molecule has 0 atom stereocenters. The Morgan fingerprint density at radius 3 is 2.33 bits per heavy atom. The molecule has 1 aromatic rings. The van der Waals surface area contributed by atoms with Gasteiger partial charge in [0, 0.05) is 6.54 Å². The SMILES string of the molecule is CC(C)CN(CC(F)(F)F)S(=O)(=O)c1ccc(Cl)c(N)c1. The van der Waals surface area contributed by atoms with Gasteiger partial charge in [-0.25, -0.2) is 8.42 Å². The molecule has 0 spiro atoms. The summed E-state index contributed by atoms with van der Waals surface area (Å²) in [5.41, 5.74) is 5.50. The molecular formula is C12H16ClF3N2O2S. The number of rotatable bonds is 5. The standard InChI is InChI=1S/C12H16ClF3N2O2S/c1-8(2)6-18(7-12(14,15)16)21(19,20)9-3-4-10(13)11(17)5-9/h3-5,8H,6-7,17H2,1-2H3. The van der Waals surface area contributed by atoms with E-state index in [1.165, 1.54) is 6.07 Å². The van der Waals surface area contributed by atoms with Crippen LogP contribution in [0.4, 0.5) is 18.9 Å². The first-order chi connectivity index (χ1) is 9.43. The van der Waals surface area contributed by atoms with E-state index in [0.29, 0.717) is 4.31 Å². The minimum Gasteiger partial charge on any atom is -0.397 e. The Labute approximate surface area is 126 Å². The lowest BCUT2D eigenvalue weighted by Gasteiger charge is -2.25. The normalized spacial score (nSPS) is 13.1. The highest BCUT2D eigenvalue weighted by Gasteiger charge is 2.37. The molecule has 0 saturated heterocycles.